The average Bonchev–Trinajstić information content (AvgIpc) is 3.10. The number of carbonyl (C=O) groups excluding carboxylic acids is 2. The van der Waals surface area contributed by atoms with E-state index in [9.17, 15) is 19.5 Å². The standard InChI is InChI=1S/C27H24N2O5/c1-28(2)20-14-10-18(11-15-20)24-23(25(32)19-6-4-3-5-7-19)26(33)27(34)29(24)21-12-8-17(9-13-21)16-22(30)31/h3-15,24,32H,16H2,1-2H3,(H,30,31)/b25-23-. The fourth-order valence-electron chi connectivity index (χ4n) is 4.07. The number of carboxylic acid groups (broad SMARTS) is 1. The van der Waals surface area contributed by atoms with E-state index in [1.165, 1.54) is 4.90 Å². The average molecular weight is 456 g/mol. The molecule has 1 fully saturated rings. The van der Waals surface area contributed by atoms with Gasteiger partial charge in [-0.15, -0.1) is 0 Å². The summed E-state index contributed by atoms with van der Waals surface area (Å²) in [4.78, 5) is 40.7. The first kappa shape index (κ1) is 22.8. The third kappa shape index (κ3) is 4.28. The minimum Gasteiger partial charge on any atom is -0.507 e. The first-order chi connectivity index (χ1) is 16.3. The number of hydrogen-bond donors (Lipinski definition) is 2. The van der Waals surface area contributed by atoms with Crippen molar-refractivity contribution in [3.8, 4) is 0 Å². The Labute approximate surface area is 197 Å². The summed E-state index contributed by atoms with van der Waals surface area (Å²) in [6, 6.07) is 21.7. The van der Waals surface area contributed by atoms with E-state index in [4.69, 9.17) is 5.11 Å². The maximum Gasteiger partial charge on any atom is 0.307 e. The van der Waals surface area contributed by atoms with E-state index in [1.54, 1.807) is 54.6 Å². The number of aliphatic hydroxyl groups is 1. The van der Waals surface area contributed by atoms with Crippen LogP contribution in [-0.2, 0) is 20.8 Å². The van der Waals surface area contributed by atoms with Gasteiger partial charge >= 0.3 is 5.97 Å². The lowest BCUT2D eigenvalue weighted by Crippen LogP contribution is -2.29. The maximum atomic E-state index is 13.2. The molecular weight excluding hydrogens is 432 g/mol. The molecule has 4 rings (SSSR count). The zero-order valence-corrected chi connectivity index (χ0v) is 18.8. The highest BCUT2D eigenvalue weighted by atomic mass is 16.4. The summed E-state index contributed by atoms with van der Waals surface area (Å²) in [7, 11) is 3.82. The third-order valence-corrected chi connectivity index (χ3v) is 5.79. The lowest BCUT2D eigenvalue weighted by atomic mass is 9.95. The van der Waals surface area contributed by atoms with Gasteiger partial charge in [0, 0.05) is 31.0 Å². The molecule has 0 aromatic heterocycles. The molecule has 3 aromatic carbocycles. The molecular formula is C27H24N2O5. The number of rotatable bonds is 6. The Kier molecular flexibility index (Phi) is 6.19. The van der Waals surface area contributed by atoms with Crippen LogP contribution in [0.3, 0.4) is 0 Å². The van der Waals surface area contributed by atoms with E-state index < -0.39 is 23.7 Å². The summed E-state index contributed by atoms with van der Waals surface area (Å²) >= 11 is 0. The number of anilines is 2. The van der Waals surface area contributed by atoms with Crippen LogP contribution in [-0.4, -0.2) is 42.0 Å². The summed E-state index contributed by atoms with van der Waals surface area (Å²) in [5.74, 6) is -2.74. The van der Waals surface area contributed by atoms with Crippen molar-refractivity contribution in [2.24, 2.45) is 0 Å². The highest BCUT2D eigenvalue weighted by Gasteiger charge is 2.46. The predicted octanol–water partition coefficient (Wildman–Crippen LogP) is 4.01. The van der Waals surface area contributed by atoms with Crippen LogP contribution in [0.25, 0.3) is 5.76 Å². The Morgan fingerprint density at radius 2 is 1.50 bits per heavy atom. The van der Waals surface area contributed by atoms with Crippen molar-refractivity contribution in [1.82, 2.24) is 0 Å². The van der Waals surface area contributed by atoms with Gasteiger partial charge in [-0.2, -0.15) is 0 Å². The van der Waals surface area contributed by atoms with Gasteiger partial charge < -0.3 is 15.1 Å². The second-order valence-electron chi connectivity index (χ2n) is 8.26. The highest BCUT2D eigenvalue weighted by Crippen LogP contribution is 2.42. The number of carboxylic acids is 1. The van der Waals surface area contributed by atoms with Crippen LogP contribution in [0.2, 0.25) is 0 Å². The quantitative estimate of drug-likeness (QED) is 0.331. The van der Waals surface area contributed by atoms with Crippen molar-refractivity contribution in [1.29, 1.82) is 0 Å². The zero-order chi connectivity index (χ0) is 24.4. The van der Waals surface area contributed by atoms with Crippen molar-refractivity contribution in [2.75, 3.05) is 23.9 Å². The van der Waals surface area contributed by atoms with Crippen molar-refractivity contribution < 1.29 is 24.6 Å². The number of Topliss-reactive ketones (excluding diaryl/α,β-unsaturated/α-hetero) is 1. The van der Waals surface area contributed by atoms with Crippen LogP contribution in [0.1, 0.15) is 22.7 Å². The van der Waals surface area contributed by atoms with Gasteiger partial charge in [0.2, 0.25) is 0 Å². The summed E-state index contributed by atoms with van der Waals surface area (Å²) in [5.41, 5.74) is 3.06. The molecule has 1 aliphatic rings. The molecule has 0 spiro atoms. The van der Waals surface area contributed by atoms with Gasteiger partial charge in [0.1, 0.15) is 5.76 Å². The molecule has 3 aromatic rings. The second-order valence-corrected chi connectivity index (χ2v) is 8.26. The van der Waals surface area contributed by atoms with Gasteiger partial charge in [0.15, 0.2) is 0 Å². The number of aliphatic carboxylic acids is 1. The van der Waals surface area contributed by atoms with Crippen molar-refractivity contribution in [3.63, 3.8) is 0 Å². The van der Waals surface area contributed by atoms with E-state index >= 15 is 0 Å². The normalized spacial score (nSPS) is 17.1. The van der Waals surface area contributed by atoms with Gasteiger partial charge in [-0.05, 0) is 35.4 Å². The van der Waals surface area contributed by atoms with Crippen LogP contribution >= 0.6 is 0 Å². The number of carbonyl (C=O) groups is 3. The van der Waals surface area contributed by atoms with Crippen LogP contribution in [0, 0.1) is 0 Å². The van der Waals surface area contributed by atoms with Crippen molar-refractivity contribution in [3.05, 3.63) is 101 Å². The lowest BCUT2D eigenvalue weighted by molar-refractivity contribution is -0.136. The summed E-state index contributed by atoms with van der Waals surface area (Å²) in [6.07, 6.45) is -0.150. The van der Waals surface area contributed by atoms with Gasteiger partial charge in [-0.25, -0.2) is 0 Å². The molecule has 34 heavy (non-hydrogen) atoms. The van der Waals surface area contributed by atoms with Crippen LogP contribution in [0.5, 0.6) is 0 Å². The Balaban J connectivity index is 1.86. The smallest absolute Gasteiger partial charge is 0.307 e. The molecule has 0 aliphatic carbocycles. The molecule has 7 heteroatoms. The molecule has 1 saturated heterocycles. The molecule has 0 radical (unpaired) electrons. The number of aliphatic hydroxyl groups excluding tert-OH is 1. The fourth-order valence-corrected chi connectivity index (χ4v) is 4.07. The first-order valence-corrected chi connectivity index (χ1v) is 10.7. The van der Waals surface area contributed by atoms with Gasteiger partial charge in [-0.1, -0.05) is 54.6 Å². The third-order valence-electron chi connectivity index (χ3n) is 5.79. The number of benzene rings is 3. The van der Waals surface area contributed by atoms with Gasteiger partial charge in [0.25, 0.3) is 11.7 Å². The summed E-state index contributed by atoms with van der Waals surface area (Å²) in [5, 5.41) is 20.1. The van der Waals surface area contributed by atoms with Crippen molar-refractivity contribution in [2.45, 2.75) is 12.5 Å². The monoisotopic (exact) mass is 456 g/mol. The number of nitrogens with zero attached hydrogens (tertiary/aromatic N) is 2. The molecule has 172 valence electrons. The molecule has 0 bridgehead atoms. The largest absolute Gasteiger partial charge is 0.507 e. The minimum absolute atomic E-state index is 0.00316. The Morgan fingerprint density at radius 1 is 0.882 bits per heavy atom. The Hall–Kier alpha value is -4.39. The molecule has 1 atom stereocenters. The van der Waals surface area contributed by atoms with E-state index in [0.29, 0.717) is 22.4 Å². The molecule has 7 nitrogen and oxygen atoms in total. The number of hydrogen-bond acceptors (Lipinski definition) is 5. The molecule has 0 saturated carbocycles. The van der Waals surface area contributed by atoms with Crippen LogP contribution < -0.4 is 9.80 Å². The molecule has 1 aliphatic heterocycles. The Bertz CT molecular complexity index is 1260. The summed E-state index contributed by atoms with van der Waals surface area (Å²) in [6.45, 7) is 0. The van der Waals surface area contributed by atoms with Crippen molar-refractivity contribution >= 4 is 34.8 Å². The molecule has 2 N–H and O–H groups in total. The SMILES string of the molecule is CN(C)c1ccc(C2/C(=C(/O)c3ccccc3)C(=O)C(=O)N2c2ccc(CC(=O)O)cc2)cc1. The Morgan fingerprint density at radius 3 is 2.06 bits per heavy atom. The van der Waals surface area contributed by atoms with Crippen LogP contribution in [0.15, 0.2) is 84.4 Å². The minimum atomic E-state index is -0.961. The predicted molar refractivity (Wildman–Crippen MR) is 130 cm³/mol. The maximum absolute atomic E-state index is 13.2. The molecule has 1 unspecified atom stereocenters. The lowest BCUT2D eigenvalue weighted by Gasteiger charge is -2.26. The van der Waals surface area contributed by atoms with Gasteiger partial charge in [0.05, 0.1) is 18.0 Å². The van der Waals surface area contributed by atoms with E-state index in [-0.39, 0.29) is 17.8 Å². The first-order valence-electron chi connectivity index (χ1n) is 10.7. The highest BCUT2D eigenvalue weighted by molar-refractivity contribution is 6.51. The van der Waals surface area contributed by atoms with Crippen LogP contribution in [0.4, 0.5) is 11.4 Å². The topological polar surface area (TPSA) is 98.2 Å². The zero-order valence-electron chi connectivity index (χ0n) is 18.8. The van der Waals surface area contributed by atoms with Gasteiger partial charge in [-0.3, -0.25) is 19.3 Å². The van der Waals surface area contributed by atoms with E-state index in [0.717, 1.165) is 5.69 Å². The molecule has 1 heterocycles. The molecule has 1 amide bonds. The summed E-state index contributed by atoms with van der Waals surface area (Å²) < 4.78 is 0. The van der Waals surface area contributed by atoms with E-state index in [1.807, 2.05) is 43.3 Å². The van der Waals surface area contributed by atoms with E-state index in [2.05, 4.69) is 0 Å². The number of ketones is 1. The number of amides is 1. The second kappa shape index (κ2) is 9.23. The fraction of sp³-hybridized carbons (Fsp3) is 0.148.